The van der Waals surface area contributed by atoms with Gasteiger partial charge in [-0.05, 0) is 70.0 Å². The fourth-order valence-electron chi connectivity index (χ4n) is 3.72. The van der Waals surface area contributed by atoms with Crippen LogP contribution in [0.4, 0.5) is 10.2 Å². The van der Waals surface area contributed by atoms with Gasteiger partial charge in [0, 0.05) is 59.5 Å². The van der Waals surface area contributed by atoms with Crippen molar-refractivity contribution in [1.29, 1.82) is 10.8 Å². The van der Waals surface area contributed by atoms with Gasteiger partial charge in [-0.1, -0.05) is 0 Å². The number of fused-ring (bicyclic) bond motifs is 3. The molecule has 34 heavy (non-hydrogen) atoms. The number of aromatic nitrogens is 1. The van der Waals surface area contributed by atoms with Crippen molar-refractivity contribution in [3.8, 4) is 5.75 Å². The number of hydrogen-bond acceptors (Lipinski definition) is 7. The monoisotopic (exact) mass is 464 g/mol. The number of nitrogens with one attached hydrogen (secondary N) is 4. The van der Waals surface area contributed by atoms with E-state index in [9.17, 15) is 4.39 Å². The van der Waals surface area contributed by atoms with E-state index < -0.39 is 11.9 Å². The Kier molecular flexibility index (Phi) is 7.39. The Morgan fingerprint density at radius 3 is 2.68 bits per heavy atom. The van der Waals surface area contributed by atoms with Crippen molar-refractivity contribution >= 4 is 23.4 Å². The zero-order valence-electron chi connectivity index (χ0n) is 20.3. The third-order valence-electron chi connectivity index (χ3n) is 5.43. The fraction of sp³-hybridized carbons (Fsp3) is 0.346. The Bertz CT molecular complexity index is 1160. The van der Waals surface area contributed by atoms with Crippen molar-refractivity contribution in [3.63, 3.8) is 0 Å². The van der Waals surface area contributed by atoms with E-state index >= 15 is 0 Å². The molecule has 1 aliphatic heterocycles. The van der Waals surface area contributed by atoms with Crippen LogP contribution in [0.5, 0.6) is 5.75 Å². The maximum atomic E-state index is 14.3. The normalized spacial score (nSPS) is 20.0. The number of nitrogen functional groups attached to an aromatic ring is 1. The largest absolute Gasteiger partial charge is 0.482 e. The number of halogens is 1. The zero-order valence-corrected chi connectivity index (χ0v) is 20.3. The summed E-state index contributed by atoms with van der Waals surface area (Å²) in [4.78, 5) is 4.30. The molecular formula is C26H33FN6O. The summed E-state index contributed by atoms with van der Waals surface area (Å²) in [6.07, 6.45) is 4.45. The minimum Gasteiger partial charge on any atom is -0.482 e. The van der Waals surface area contributed by atoms with E-state index in [4.69, 9.17) is 21.3 Å². The van der Waals surface area contributed by atoms with Gasteiger partial charge in [0.25, 0.3) is 0 Å². The van der Waals surface area contributed by atoms with Crippen LogP contribution in [0.15, 0.2) is 47.8 Å². The fourth-order valence-corrected chi connectivity index (χ4v) is 3.72. The average Bonchev–Trinajstić information content (AvgIpc) is 2.78. The summed E-state index contributed by atoms with van der Waals surface area (Å²) in [5, 5.41) is 23.9. The molecular weight excluding hydrogens is 431 g/mol. The highest BCUT2D eigenvalue weighted by Crippen LogP contribution is 2.33. The van der Waals surface area contributed by atoms with Crippen molar-refractivity contribution in [3.05, 3.63) is 70.3 Å². The molecule has 1 unspecified atom stereocenters. The Labute approximate surface area is 200 Å². The highest BCUT2D eigenvalue weighted by molar-refractivity contribution is 6.12. The molecule has 1 atom stereocenters. The van der Waals surface area contributed by atoms with Gasteiger partial charge in [-0.25, -0.2) is 9.37 Å². The van der Waals surface area contributed by atoms with Crippen LogP contribution >= 0.6 is 0 Å². The number of anilines is 1. The minimum absolute atomic E-state index is 0.211. The summed E-state index contributed by atoms with van der Waals surface area (Å²) < 4.78 is 20.4. The van der Waals surface area contributed by atoms with Gasteiger partial charge in [0.15, 0.2) is 11.6 Å². The first-order valence-corrected chi connectivity index (χ1v) is 11.3. The lowest BCUT2D eigenvalue weighted by Crippen LogP contribution is -2.32. The number of benzene rings is 1. The molecule has 0 saturated heterocycles. The van der Waals surface area contributed by atoms with Gasteiger partial charge in [0.05, 0.1) is 5.71 Å². The van der Waals surface area contributed by atoms with Crippen LogP contribution in [0.3, 0.4) is 0 Å². The van der Waals surface area contributed by atoms with Crippen LogP contribution in [0, 0.1) is 16.6 Å². The smallest absolute Gasteiger partial charge is 0.166 e. The number of nitrogens with two attached hydrogens (primary N) is 1. The third kappa shape index (κ3) is 5.62. The Morgan fingerprint density at radius 1 is 1.29 bits per heavy atom. The number of allylic oxidation sites excluding steroid dienone is 2. The first-order chi connectivity index (χ1) is 16.0. The number of ether oxygens (including phenoxy) is 1. The third-order valence-corrected chi connectivity index (χ3v) is 5.43. The van der Waals surface area contributed by atoms with Crippen molar-refractivity contribution in [2.75, 3.05) is 12.3 Å². The van der Waals surface area contributed by atoms with E-state index in [-0.39, 0.29) is 17.1 Å². The molecule has 0 aliphatic carbocycles. The summed E-state index contributed by atoms with van der Waals surface area (Å²) in [7, 11) is 0. The minimum atomic E-state index is -0.588. The first-order valence-electron chi connectivity index (χ1n) is 11.3. The van der Waals surface area contributed by atoms with Gasteiger partial charge in [0.2, 0.25) is 0 Å². The summed E-state index contributed by atoms with van der Waals surface area (Å²) in [6, 6.07) is 6.11. The van der Waals surface area contributed by atoms with Gasteiger partial charge < -0.3 is 26.5 Å². The number of hydrogen-bond donors (Lipinski definition) is 5. The topological polar surface area (TPSA) is 120 Å². The summed E-state index contributed by atoms with van der Waals surface area (Å²) in [5.74, 6) is 0.155. The van der Waals surface area contributed by atoms with E-state index in [1.54, 1.807) is 25.3 Å². The molecule has 8 heteroatoms. The van der Waals surface area contributed by atoms with Crippen LogP contribution in [0.25, 0.3) is 5.70 Å². The molecule has 0 fully saturated rings. The maximum absolute atomic E-state index is 14.3. The number of rotatable bonds is 4. The molecule has 1 aliphatic rings. The molecule has 7 nitrogen and oxygen atoms in total. The molecule has 2 bridgehead atoms. The SMILES string of the molecule is CCN/C1=C(\C=N)C/C(=C/NC(C)(C)C)C(=N)c2ccc(F)cc2C(C)Oc2cc1cnc2N. The molecule has 0 spiro atoms. The quantitative estimate of drug-likeness (QED) is 0.410. The second-order valence-corrected chi connectivity index (χ2v) is 9.29. The van der Waals surface area contributed by atoms with Crippen molar-refractivity contribution in [2.24, 2.45) is 0 Å². The van der Waals surface area contributed by atoms with Gasteiger partial charge in [0.1, 0.15) is 11.9 Å². The van der Waals surface area contributed by atoms with Crippen LogP contribution in [0.1, 0.15) is 63.8 Å². The average molecular weight is 465 g/mol. The molecule has 180 valence electrons. The summed E-state index contributed by atoms with van der Waals surface area (Å²) in [5.41, 5.74) is 9.94. The van der Waals surface area contributed by atoms with E-state index in [1.165, 1.54) is 18.3 Å². The zero-order chi connectivity index (χ0) is 25.0. The summed E-state index contributed by atoms with van der Waals surface area (Å²) in [6.45, 7) is 10.5. The predicted octanol–water partition coefficient (Wildman–Crippen LogP) is 4.96. The molecule has 1 aromatic carbocycles. The van der Waals surface area contributed by atoms with Crippen LogP contribution in [-0.4, -0.2) is 29.0 Å². The Balaban J connectivity index is 2.31. The van der Waals surface area contributed by atoms with Crippen LogP contribution < -0.4 is 21.1 Å². The molecule has 1 aromatic heterocycles. The Hall–Kier alpha value is -3.68. The van der Waals surface area contributed by atoms with Crippen LogP contribution in [-0.2, 0) is 0 Å². The van der Waals surface area contributed by atoms with Crippen LogP contribution in [0.2, 0.25) is 0 Å². The first kappa shape index (κ1) is 25.0. The highest BCUT2D eigenvalue weighted by atomic mass is 19.1. The van der Waals surface area contributed by atoms with E-state index in [0.717, 1.165) is 5.70 Å². The molecule has 2 aromatic rings. The second-order valence-electron chi connectivity index (χ2n) is 9.29. The van der Waals surface area contributed by atoms with E-state index in [0.29, 0.717) is 46.6 Å². The van der Waals surface area contributed by atoms with E-state index in [1.807, 2.05) is 33.9 Å². The molecule has 0 amide bonds. The molecule has 0 radical (unpaired) electrons. The van der Waals surface area contributed by atoms with Crippen molar-refractivity contribution < 1.29 is 9.13 Å². The van der Waals surface area contributed by atoms with Gasteiger partial charge in [-0.3, -0.25) is 5.41 Å². The maximum Gasteiger partial charge on any atom is 0.166 e. The molecule has 0 saturated carbocycles. The predicted molar refractivity (Wildman–Crippen MR) is 136 cm³/mol. The van der Waals surface area contributed by atoms with Gasteiger partial charge in [-0.15, -0.1) is 0 Å². The summed E-state index contributed by atoms with van der Waals surface area (Å²) >= 11 is 0. The highest BCUT2D eigenvalue weighted by Gasteiger charge is 2.23. The van der Waals surface area contributed by atoms with E-state index in [2.05, 4.69) is 15.6 Å². The lowest BCUT2D eigenvalue weighted by Gasteiger charge is -2.25. The number of nitrogens with zero attached hydrogens (tertiary/aromatic N) is 1. The van der Waals surface area contributed by atoms with Crippen molar-refractivity contribution in [2.45, 2.75) is 52.7 Å². The lowest BCUT2D eigenvalue weighted by atomic mass is 9.90. The molecule has 6 N–H and O–H groups in total. The van der Waals surface area contributed by atoms with Crippen molar-refractivity contribution in [1.82, 2.24) is 15.6 Å². The second kappa shape index (κ2) is 10.1. The molecule has 2 heterocycles. The lowest BCUT2D eigenvalue weighted by molar-refractivity contribution is 0.227. The number of pyridine rings is 1. The van der Waals surface area contributed by atoms with Gasteiger partial charge in [-0.2, -0.15) is 0 Å². The van der Waals surface area contributed by atoms with Gasteiger partial charge >= 0.3 is 0 Å². The standard InChI is InChI=1S/C26H33FN6O/c1-6-31-24-16(12-28)9-17(14-33-26(3,4)5)23(29)20-8-7-19(27)11-21(20)15(2)34-22-10-18(24)13-32-25(22)30/h7-8,10-15,28-29,31,33H,6,9H2,1-5H3,(H2,30,32)/b17-14-,24-16-,28-12?,29-23?. The molecule has 3 rings (SSSR count). The Morgan fingerprint density at radius 2 is 2.03 bits per heavy atom.